The van der Waals surface area contributed by atoms with Crippen LogP contribution in [0.3, 0.4) is 0 Å². The number of aromatic nitrogens is 5. The highest BCUT2D eigenvalue weighted by Crippen LogP contribution is 2.41. The summed E-state index contributed by atoms with van der Waals surface area (Å²) in [7, 11) is 0. The summed E-state index contributed by atoms with van der Waals surface area (Å²) in [5.74, 6) is -2.20. The number of hydrogen-bond donors (Lipinski definition) is 3. The van der Waals surface area contributed by atoms with Crippen molar-refractivity contribution in [2.45, 2.75) is 23.1 Å². The maximum Gasteiger partial charge on any atom is 0.352 e. The highest BCUT2D eigenvalue weighted by molar-refractivity contribution is 8.01. The van der Waals surface area contributed by atoms with E-state index in [1.807, 2.05) is 0 Å². The van der Waals surface area contributed by atoms with Crippen LogP contribution in [-0.4, -0.2) is 94.6 Å². The number of β-lactam (4-membered cyclic amide) rings is 1. The zero-order valence-electron chi connectivity index (χ0n) is 19.7. The molecule has 16 nitrogen and oxygen atoms in total. The molecule has 4 rings (SSSR count). The molecule has 2 aromatic rings. The molecule has 1 fully saturated rings. The molecule has 0 aromatic carbocycles. The first-order chi connectivity index (χ1) is 18.9. The molecule has 1 unspecified atom stereocenters. The Morgan fingerprint density at radius 2 is 2.28 bits per heavy atom. The first-order valence-corrected chi connectivity index (χ1v) is 13.7. The van der Waals surface area contributed by atoms with Crippen LogP contribution in [0, 0.1) is 11.3 Å². The van der Waals surface area contributed by atoms with Crippen molar-refractivity contribution in [1.82, 2.24) is 35.4 Å². The number of oxime groups is 1. The van der Waals surface area contributed by atoms with Crippen molar-refractivity contribution in [3.63, 3.8) is 0 Å². The number of carbonyl (C=O) groups excluding carboxylic acids is 3. The number of amides is 3. The zero-order valence-corrected chi connectivity index (χ0v) is 22.2. The normalized spacial score (nSPS) is 18.5. The topological polar surface area (TPSA) is 218 Å². The predicted octanol–water partition coefficient (Wildman–Crippen LogP) is -0.341. The second kappa shape index (κ2) is 12.5. The maximum atomic E-state index is 13.1. The van der Waals surface area contributed by atoms with Crippen molar-refractivity contribution in [2.75, 3.05) is 23.4 Å². The molecule has 0 spiro atoms. The maximum absolute atomic E-state index is 13.1. The number of fused-ring (bicyclic) bond motifs is 1. The summed E-state index contributed by atoms with van der Waals surface area (Å²) in [5.41, 5.74) is 0.0736. The average Bonchev–Trinajstić information content (AvgIpc) is 3.57. The molecule has 2 aliphatic heterocycles. The van der Waals surface area contributed by atoms with Crippen LogP contribution in [0.5, 0.6) is 0 Å². The number of allylic oxidation sites excluding steroid dienone is 1. The number of carbonyl (C=O) groups is 4. The predicted molar refractivity (Wildman–Crippen MR) is 138 cm³/mol. The molecule has 0 aliphatic carbocycles. The Bertz CT molecular complexity index is 1410. The van der Waals surface area contributed by atoms with Gasteiger partial charge in [-0.25, -0.2) is 14.5 Å². The monoisotopic (exact) mass is 590 g/mol. The van der Waals surface area contributed by atoms with Gasteiger partial charge in [0.2, 0.25) is 18.2 Å². The highest BCUT2D eigenvalue weighted by Gasteiger charge is 2.54. The number of rotatable bonds is 13. The number of anilines is 1. The number of aliphatic carboxylic acids is 1. The Kier molecular flexibility index (Phi) is 8.90. The number of nitriles is 1. The van der Waals surface area contributed by atoms with Crippen molar-refractivity contribution < 1.29 is 29.1 Å². The Morgan fingerprint density at radius 1 is 1.46 bits per heavy atom. The lowest BCUT2D eigenvalue weighted by Gasteiger charge is -2.49. The van der Waals surface area contributed by atoms with E-state index in [9.17, 15) is 24.3 Å². The van der Waals surface area contributed by atoms with E-state index >= 15 is 0 Å². The molecular weight excluding hydrogens is 572 g/mol. The van der Waals surface area contributed by atoms with E-state index in [0.717, 1.165) is 16.2 Å². The first kappa shape index (κ1) is 27.7. The van der Waals surface area contributed by atoms with E-state index in [1.54, 1.807) is 12.1 Å². The molecule has 3 N–H and O–H groups in total. The molecule has 202 valence electrons. The van der Waals surface area contributed by atoms with Crippen molar-refractivity contribution in [2.24, 2.45) is 5.16 Å². The third-order valence-corrected chi connectivity index (χ3v) is 8.30. The number of thioether (sulfide) groups is 2. The van der Waals surface area contributed by atoms with Gasteiger partial charge in [0.25, 0.3) is 11.8 Å². The van der Waals surface area contributed by atoms with Crippen LogP contribution in [0.2, 0.25) is 0 Å². The number of nitrogens with one attached hydrogen (secondary N) is 2. The Hall–Kier alpha value is -4.28. The quantitative estimate of drug-likeness (QED) is 0.0518. The number of thiazole rings is 1. The molecule has 0 saturated carbocycles. The van der Waals surface area contributed by atoms with E-state index in [1.165, 1.54) is 33.6 Å². The second-order valence-electron chi connectivity index (χ2n) is 7.51. The van der Waals surface area contributed by atoms with Crippen LogP contribution in [0.1, 0.15) is 5.69 Å². The lowest BCUT2D eigenvalue weighted by atomic mass is 10.0. The van der Waals surface area contributed by atoms with Gasteiger partial charge in [-0.3, -0.25) is 19.3 Å². The fraction of sp³-hybridized carbons (Fsp3) is 0.300. The van der Waals surface area contributed by atoms with Crippen molar-refractivity contribution in [3.8, 4) is 6.07 Å². The Labute approximate surface area is 232 Å². The first-order valence-electron chi connectivity index (χ1n) is 10.8. The van der Waals surface area contributed by atoms with Crippen LogP contribution in [0.15, 0.2) is 39.6 Å². The fourth-order valence-electron chi connectivity index (χ4n) is 3.52. The molecular formula is C20H18N10O6S3. The molecule has 39 heavy (non-hydrogen) atoms. The number of hydrogen-bond acceptors (Lipinski definition) is 14. The molecule has 0 bridgehead atoms. The van der Waals surface area contributed by atoms with Gasteiger partial charge in [0.15, 0.2) is 10.8 Å². The minimum Gasteiger partial charge on any atom is -0.477 e. The van der Waals surface area contributed by atoms with Crippen molar-refractivity contribution in [3.05, 3.63) is 35.0 Å². The molecule has 0 radical (unpaired) electrons. The van der Waals surface area contributed by atoms with Gasteiger partial charge in [-0.05, 0) is 16.0 Å². The third kappa shape index (κ3) is 5.92. The van der Waals surface area contributed by atoms with E-state index in [2.05, 4.69) is 42.9 Å². The minimum atomic E-state index is -1.27. The number of carboxylic acids is 1. The summed E-state index contributed by atoms with van der Waals surface area (Å²) >= 11 is 3.54. The van der Waals surface area contributed by atoms with Gasteiger partial charge >= 0.3 is 5.97 Å². The lowest BCUT2D eigenvalue weighted by Crippen LogP contribution is -2.71. The van der Waals surface area contributed by atoms with Crippen LogP contribution >= 0.6 is 34.9 Å². The summed E-state index contributed by atoms with van der Waals surface area (Å²) in [4.78, 5) is 59.0. The van der Waals surface area contributed by atoms with Crippen LogP contribution in [-0.2, 0) is 30.6 Å². The van der Waals surface area contributed by atoms with Crippen molar-refractivity contribution in [1.29, 1.82) is 5.26 Å². The van der Waals surface area contributed by atoms with Gasteiger partial charge in [-0.1, -0.05) is 23.0 Å². The van der Waals surface area contributed by atoms with E-state index in [4.69, 9.17) is 10.1 Å². The SMILES string of the molecule is C=CCn1nnnc1SCC1=C(C(=O)O)N2C(=O)C(NC(=O)/C(=N/OCC#N)c3csc(NC=O)n3)[C@H]2SC1. The number of carboxylic acid groups (broad SMARTS) is 1. The fourth-order valence-corrected chi connectivity index (χ4v) is 6.55. The smallest absolute Gasteiger partial charge is 0.352 e. The highest BCUT2D eigenvalue weighted by atomic mass is 32.2. The summed E-state index contributed by atoms with van der Waals surface area (Å²) in [6.07, 6.45) is 2.04. The van der Waals surface area contributed by atoms with Gasteiger partial charge in [-0.2, -0.15) is 5.26 Å². The average molecular weight is 591 g/mol. The number of tetrazole rings is 1. The molecule has 4 heterocycles. The van der Waals surface area contributed by atoms with Crippen LogP contribution in [0.25, 0.3) is 0 Å². The standard InChI is InChI=1S/C20H18N10O6S3/c1-2-4-29-20(25-27-28-29)39-7-10-6-37-17-13(16(33)30(17)14(10)18(34)35)24-15(32)12(26-36-5-3-21)11-8-38-19(23-11)22-9-31/h2,8-9,13,17H,1,4-7H2,(H,24,32)(H,34,35)(H,22,23,31)/b26-12+/t13?,17-/m1/s1. The summed E-state index contributed by atoms with van der Waals surface area (Å²) in [6.45, 7) is 3.58. The van der Waals surface area contributed by atoms with Gasteiger partial charge in [0.1, 0.15) is 28.9 Å². The second-order valence-corrected chi connectivity index (χ2v) is 10.4. The number of nitrogens with zero attached hydrogens (tertiary/aromatic N) is 8. The lowest BCUT2D eigenvalue weighted by molar-refractivity contribution is -0.150. The Morgan fingerprint density at radius 3 is 3.00 bits per heavy atom. The zero-order chi connectivity index (χ0) is 27.9. The molecule has 3 amide bonds. The van der Waals surface area contributed by atoms with E-state index in [0.29, 0.717) is 23.7 Å². The van der Waals surface area contributed by atoms with Gasteiger partial charge in [0.05, 0.1) is 6.54 Å². The summed E-state index contributed by atoms with van der Waals surface area (Å²) in [6, 6.07) is 0.671. The van der Waals surface area contributed by atoms with E-state index in [-0.39, 0.29) is 33.7 Å². The molecule has 2 aliphatic rings. The van der Waals surface area contributed by atoms with Gasteiger partial charge in [-0.15, -0.1) is 34.8 Å². The third-order valence-electron chi connectivity index (χ3n) is 5.14. The minimum absolute atomic E-state index is 0.0453. The summed E-state index contributed by atoms with van der Waals surface area (Å²) in [5, 5.41) is 40.0. The molecule has 2 atom stereocenters. The van der Waals surface area contributed by atoms with E-state index < -0.39 is 35.8 Å². The Balaban J connectivity index is 1.49. The largest absolute Gasteiger partial charge is 0.477 e. The van der Waals surface area contributed by atoms with Gasteiger partial charge < -0.3 is 20.6 Å². The van der Waals surface area contributed by atoms with Crippen LogP contribution < -0.4 is 10.6 Å². The van der Waals surface area contributed by atoms with Gasteiger partial charge in [0, 0.05) is 16.9 Å². The van der Waals surface area contributed by atoms with Crippen molar-refractivity contribution >= 4 is 69.9 Å². The van der Waals surface area contributed by atoms with Crippen LogP contribution in [0.4, 0.5) is 5.13 Å². The molecule has 19 heteroatoms. The molecule has 1 saturated heterocycles. The summed E-state index contributed by atoms with van der Waals surface area (Å²) < 4.78 is 1.51. The molecule has 2 aromatic heterocycles.